The van der Waals surface area contributed by atoms with E-state index < -0.39 is 80.2 Å². The van der Waals surface area contributed by atoms with Crippen molar-refractivity contribution < 1.29 is 50.9 Å². The zero-order valence-electron chi connectivity index (χ0n) is 35.8. The molecule has 4 fully saturated rings. The molecule has 4 amide bonds. The Labute approximate surface area is 356 Å². The number of carbonyl (C=O) groups excluding carboxylic acids is 4. The Balaban J connectivity index is 1.26. The lowest BCUT2D eigenvalue weighted by Crippen LogP contribution is -2.59. The number of carbonyl (C=O) groups is 4. The highest BCUT2D eigenvalue weighted by Gasteiger charge is 2.62. The van der Waals surface area contributed by atoms with E-state index in [2.05, 4.69) is 32.2 Å². The Morgan fingerprint density at radius 3 is 2.51 bits per heavy atom. The van der Waals surface area contributed by atoms with Gasteiger partial charge in [-0.2, -0.15) is 0 Å². The van der Waals surface area contributed by atoms with E-state index in [1.807, 2.05) is 19.1 Å². The number of benzene rings is 1. The first-order chi connectivity index (χ1) is 28.9. The number of pyridine rings is 1. The van der Waals surface area contributed by atoms with Gasteiger partial charge in [0.2, 0.25) is 27.7 Å². The maximum atomic E-state index is 15.4. The average Bonchev–Trinajstić information content (AvgIpc) is 4.14. The normalized spacial score (nSPS) is 29.3. The number of nitrogens with one attached hydrogen (secondary N) is 3. The van der Waals surface area contributed by atoms with Crippen molar-refractivity contribution in [1.82, 2.24) is 25.2 Å². The molecule has 0 spiro atoms. The minimum atomic E-state index is -3.95. The smallest absolute Gasteiger partial charge is 0.408 e. The number of ether oxygens (including phenoxy) is 4. The van der Waals surface area contributed by atoms with Crippen LogP contribution in [-0.2, 0) is 33.9 Å². The minimum Gasteiger partial charge on any atom is -0.494 e. The molecule has 61 heavy (non-hydrogen) atoms. The quantitative estimate of drug-likeness (QED) is 0.302. The van der Waals surface area contributed by atoms with Crippen LogP contribution in [0.25, 0.3) is 10.8 Å². The summed E-state index contributed by atoms with van der Waals surface area (Å²) in [6, 6.07) is 0.567. The number of anilines is 1. The van der Waals surface area contributed by atoms with Crippen molar-refractivity contribution in [2.75, 3.05) is 44.9 Å². The molecule has 334 valence electrons. The lowest BCUT2D eigenvalue weighted by atomic mass is 9.85. The number of sulfonamides is 1. The first kappa shape index (κ1) is 44.3. The average molecular weight is 871 g/mol. The summed E-state index contributed by atoms with van der Waals surface area (Å²) >= 11 is 0. The van der Waals surface area contributed by atoms with Crippen LogP contribution >= 0.6 is 0 Å². The van der Waals surface area contributed by atoms with Gasteiger partial charge in [-0.3, -0.25) is 19.1 Å². The van der Waals surface area contributed by atoms with Crippen LogP contribution in [0.15, 0.2) is 30.5 Å². The van der Waals surface area contributed by atoms with E-state index >= 15 is 9.18 Å². The summed E-state index contributed by atoms with van der Waals surface area (Å²) < 4.78 is 66.7. The zero-order chi connectivity index (χ0) is 43.9. The van der Waals surface area contributed by atoms with Crippen LogP contribution in [-0.4, -0.2) is 117 Å². The molecule has 5 aliphatic rings. The van der Waals surface area contributed by atoms with Gasteiger partial charge in [-0.25, -0.2) is 22.6 Å². The van der Waals surface area contributed by atoms with E-state index in [0.29, 0.717) is 69.2 Å². The lowest BCUT2D eigenvalue weighted by molar-refractivity contribution is -0.142. The number of morpholine rings is 1. The van der Waals surface area contributed by atoms with Crippen molar-refractivity contribution >= 4 is 50.3 Å². The highest BCUT2D eigenvalue weighted by molar-refractivity contribution is 7.91. The van der Waals surface area contributed by atoms with E-state index in [9.17, 15) is 22.8 Å². The zero-order valence-corrected chi connectivity index (χ0v) is 36.6. The molecule has 16 nitrogen and oxygen atoms in total. The molecule has 18 heteroatoms. The summed E-state index contributed by atoms with van der Waals surface area (Å²) in [5, 5.41) is 6.04. The number of rotatable bonds is 9. The maximum Gasteiger partial charge on any atom is 0.408 e. The first-order valence-corrected chi connectivity index (χ1v) is 23.0. The number of allylic oxidation sites excluding steroid dienone is 1. The van der Waals surface area contributed by atoms with Crippen LogP contribution in [0.2, 0.25) is 0 Å². The number of methoxy groups -OCH3 is 1. The Morgan fingerprint density at radius 2 is 1.84 bits per heavy atom. The summed E-state index contributed by atoms with van der Waals surface area (Å²) in [7, 11) is -2.56. The number of aromatic nitrogens is 1. The highest BCUT2D eigenvalue weighted by atomic mass is 32.2. The molecule has 7 rings (SSSR count). The number of nitrogens with zero attached hydrogens (tertiary/aromatic N) is 3. The van der Waals surface area contributed by atoms with Gasteiger partial charge in [-0.15, -0.1) is 0 Å². The van der Waals surface area contributed by atoms with Crippen molar-refractivity contribution in [3.63, 3.8) is 0 Å². The molecule has 1 aromatic carbocycles. The van der Waals surface area contributed by atoms with Gasteiger partial charge >= 0.3 is 6.09 Å². The van der Waals surface area contributed by atoms with Gasteiger partial charge in [0, 0.05) is 36.2 Å². The van der Waals surface area contributed by atoms with Gasteiger partial charge in [-0.1, -0.05) is 32.4 Å². The monoisotopic (exact) mass is 870 g/mol. The van der Waals surface area contributed by atoms with Crippen LogP contribution in [0, 0.1) is 23.6 Å². The topological polar surface area (TPSA) is 195 Å². The van der Waals surface area contributed by atoms with Crippen molar-refractivity contribution in [3.8, 4) is 11.6 Å². The fourth-order valence-electron chi connectivity index (χ4n) is 8.82. The van der Waals surface area contributed by atoms with Crippen LogP contribution < -0.4 is 29.7 Å². The molecule has 2 aromatic rings. The van der Waals surface area contributed by atoms with Crippen molar-refractivity contribution in [2.24, 2.45) is 17.8 Å². The second kappa shape index (κ2) is 17.6. The third-order valence-electron chi connectivity index (χ3n) is 12.4. The molecule has 2 saturated carbocycles. The van der Waals surface area contributed by atoms with Crippen LogP contribution in [0.4, 0.5) is 14.9 Å². The molecule has 0 radical (unpaired) electrons. The molecular formula is C43H59FN6O10S. The summed E-state index contributed by atoms with van der Waals surface area (Å²) in [6.07, 6.45) is 7.30. The SMILES string of the molecule is CC[C@@H]1C[C@H](C)CC/C=C\[C@@H]2C[C@@]2(C(=O)NS(=O)(=O)C2CC2)NC(=O)[C@@H]2C[C@@H](Oc3ncc(N4CCOCC4)c4cc(OC)c(F)cc34)CN2C(=O)[C@H]1NC(=O)OC(C)(C)C. The summed E-state index contributed by atoms with van der Waals surface area (Å²) in [4.78, 5) is 65.1. The molecule has 2 aliphatic carbocycles. The highest BCUT2D eigenvalue weighted by Crippen LogP contribution is 2.46. The van der Waals surface area contributed by atoms with E-state index in [1.54, 1.807) is 33.0 Å². The van der Waals surface area contributed by atoms with Gasteiger partial charge in [0.25, 0.3) is 5.91 Å². The largest absolute Gasteiger partial charge is 0.494 e. The molecule has 4 heterocycles. The molecule has 3 aliphatic heterocycles. The second-order valence-electron chi connectivity index (χ2n) is 18.1. The maximum absolute atomic E-state index is 15.4. The summed E-state index contributed by atoms with van der Waals surface area (Å²) in [6.45, 7) is 11.3. The number of hydrogen-bond acceptors (Lipinski definition) is 12. The van der Waals surface area contributed by atoms with Crippen LogP contribution in [0.1, 0.15) is 86.0 Å². The number of amides is 4. The van der Waals surface area contributed by atoms with Gasteiger partial charge in [0.15, 0.2) is 11.6 Å². The molecule has 0 bridgehead atoms. The van der Waals surface area contributed by atoms with E-state index in [-0.39, 0.29) is 42.9 Å². The van der Waals surface area contributed by atoms with E-state index in [4.69, 9.17) is 18.9 Å². The van der Waals surface area contributed by atoms with E-state index in [0.717, 1.165) is 12.1 Å². The van der Waals surface area contributed by atoms with Gasteiger partial charge in [0.05, 0.1) is 44.0 Å². The van der Waals surface area contributed by atoms with Gasteiger partial charge in [0.1, 0.15) is 29.3 Å². The Hall–Kier alpha value is -4.71. The van der Waals surface area contributed by atoms with Gasteiger partial charge < -0.3 is 39.4 Å². The van der Waals surface area contributed by atoms with Crippen molar-refractivity contribution in [1.29, 1.82) is 0 Å². The van der Waals surface area contributed by atoms with Crippen LogP contribution in [0.3, 0.4) is 0 Å². The number of hydrogen-bond donors (Lipinski definition) is 3. The predicted octanol–water partition coefficient (Wildman–Crippen LogP) is 4.35. The Kier molecular flexibility index (Phi) is 12.8. The third-order valence-corrected chi connectivity index (χ3v) is 14.2. The molecule has 2 saturated heterocycles. The van der Waals surface area contributed by atoms with Crippen molar-refractivity contribution in [3.05, 3.63) is 36.3 Å². The second-order valence-corrected chi connectivity index (χ2v) is 20.1. The molecule has 7 atom stereocenters. The molecular weight excluding hydrogens is 812 g/mol. The third kappa shape index (κ3) is 9.84. The summed E-state index contributed by atoms with van der Waals surface area (Å²) in [5.41, 5.74) is -1.70. The minimum absolute atomic E-state index is 0.0349. The molecule has 0 unspecified atom stereocenters. The molecule has 1 aromatic heterocycles. The predicted molar refractivity (Wildman–Crippen MR) is 224 cm³/mol. The molecule has 3 N–H and O–H groups in total. The standard InChI is InChI=1S/C43H59FN6O10S/c1-7-26-18-25(2)10-8-9-11-27-22-43(27,40(53)48-61(55,56)29-12-13-29)47-37(51)33-19-28(24-50(33)39(52)36(26)46-41(54)60-42(3,4)5)59-38-31-20-32(44)35(57-6)21-30(31)34(23-45-38)49-14-16-58-17-15-49/h9,11,20-21,23,25-29,33,36H,7-8,10,12-19,22,24H2,1-6H3,(H,46,54)(H,47,51)(H,48,53)/b11-9-/t25-,26-,27-,28-,33+,36+,43-/m1/s1. The first-order valence-electron chi connectivity index (χ1n) is 21.4. The number of halogens is 1. The fraction of sp³-hybridized carbons (Fsp3) is 0.651. The van der Waals surface area contributed by atoms with Crippen LogP contribution in [0.5, 0.6) is 11.6 Å². The van der Waals surface area contributed by atoms with Crippen molar-refractivity contribution in [2.45, 2.75) is 121 Å². The van der Waals surface area contributed by atoms with E-state index in [1.165, 1.54) is 18.1 Å². The fourth-order valence-corrected chi connectivity index (χ4v) is 10.2. The van der Waals surface area contributed by atoms with Gasteiger partial charge in [-0.05, 0) is 83.3 Å². The lowest BCUT2D eigenvalue weighted by Gasteiger charge is -2.34. The Morgan fingerprint density at radius 1 is 1.10 bits per heavy atom. The number of fused-ring (bicyclic) bond motifs is 3. The Bertz CT molecular complexity index is 2160. The number of alkyl carbamates (subject to hydrolysis) is 1. The summed E-state index contributed by atoms with van der Waals surface area (Å²) in [5.74, 6) is -3.28.